The number of nitrogens with zero attached hydrogens (tertiary/aromatic N) is 2. The summed E-state index contributed by atoms with van der Waals surface area (Å²) in [5.74, 6) is -0.975. The fourth-order valence-corrected chi connectivity index (χ4v) is 5.89. The summed E-state index contributed by atoms with van der Waals surface area (Å²) < 4.78 is 21.5. The molecule has 3 N–H and O–H groups in total. The van der Waals surface area contributed by atoms with E-state index in [9.17, 15) is 19.1 Å². The Kier molecular flexibility index (Phi) is 4.17. The maximum Gasteiger partial charge on any atom is 0.343 e. The molecule has 170 valence electrons. The number of halogens is 1. The highest BCUT2D eigenvalue weighted by molar-refractivity contribution is 5.93. The summed E-state index contributed by atoms with van der Waals surface area (Å²) in [6, 6.07) is 3.14. The van der Waals surface area contributed by atoms with Gasteiger partial charge in [0.05, 0.1) is 29.0 Å². The van der Waals surface area contributed by atoms with Gasteiger partial charge in [0, 0.05) is 22.6 Å². The molecule has 2 aliphatic heterocycles. The van der Waals surface area contributed by atoms with Gasteiger partial charge in [-0.3, -0.25) is 4.79 Å². The normalized spacial score (nSPS) is 22.7. The van der Waals surface area contributed by atoms with Gasteiger partial charge in [-0.25, -0.2) is 14.2 Å². The molecule has 4 heterocycles. The lowest BCUT2D eigenvalue weighted by Crippen LogP contribution is -2.44. The van der Waals surface area contributed by atoms with Crippen LogP contribution in [-0.2, 0) is 34.7 Å². The number of aliphatic hydroxyl groups is 1. The van der Waals surface area contributed by atoms with E-state index in [1.807, 2.05) is 0 Å². The monoisotopic (exact) mass is 449 g/mol. The van der Waals surface area contributed by atoms with Crippen LogP contribution in [0.5, 0.6) is 0 Å². The first-order valence-electron chi connectivity index (χ1n) is 11.3. The zero-order chi connectivity index (χ0) is 23.2. The molecule has 1 aromatic carbocycles. The number of ether oxygens (including phenoxy) is 1. The molecule has 0 bridgehead atoms. The van der Waals surface area contributed by atoms with Gasteiger partial charge >= 0.3 is 5.97 Å². The summed E-state index contributed by atoms with van der Waals surface area (Å²) in [6.45, 7) is 4.05. The highest BCUT2D eigenvalue weighted by atomic mass is 19.1. The van der Waals surface area contributed by atoms with Crippen LogP contribution >= 0.6 is 0 Å². The average molecular weight is 449 g/mol. The van der Waals surface area contributed by atoms with Crippen LogP contribution in [0.1, 0.15) is 59.1 Å². The van der Waals surface area contributed by atoms with Crippen molar-refractivity contribution in [1.29, 1.82) is 0 Å². The van der Waals surface area contributed by atoms with Crippen molar-refractivity contribution in [2.45, 2.75) is 57.8 Å². The van der Waals surface area contributed by atoms with E-state index in [4.69, 9.17) is 15.5 Å². The molecule has 2 aromatic heterocycles. The van der Waals surface area contributed by atoms with Crippen LogP contribution in [0.4, 0.5) is 4.39 Å². The first kappa shape index (κ1) is 20.5. The Morgan fingerprint density at radius 3 is 2.82 bits per heavy atom. The van der Waals surface area contributed by atoms with Gasteiger partial charge in [0.2, 0.25) is 0 Å². The zero-order valence-electron chi connectivity index (χ0n) is 18.5. The van der Waals surface area contributed by atoms with E-state index in [2.05, 4.69) is 0 Å². The molecule has 33 heavy (non-hydrogen) atoms. The Bertz CT molecular complexity index is 1460. The Morgan fingerprint density at radius 1 is 1.30 bits per heavy atom. The fourth-order valence-electron chi connectivity index (χ4n) is 5.89. The van der Waals surface area contributed by atoms with Gasteiger partial charge in [-0.1, -0.05) is 6.92 Å². The number of esters is 1. The molecule has 2 atom stereocenters. The second-order valence-corrected chi connectivity index (χ2v) is 9.28. The summed E-state index contributed by atoms with van der Waals surface area (Å²) in [5, 5.41) is 12.0. The van der Waals surface area contributed by atoms with Crippen LogP contribution in [0.2, 0.25) is 0 Å². The van der Waals surface area contributed by atoms with Crippen LogP contribution in [0.15, 0.2) is 16.9 Å². The van der Waals surface area contributed by atoms with Crippen molar-refractivity contribution in [2.75, 3.05) is 6.54 Å². The van der Waals surface area contributed by atoms with Crippen molar-refractivity contribution in [3.05, 3.63) is 61.7 Å². The van der Waals surface area contributed by atoms with Crippen LogP contribution in [-0.4, -0.2) is 27.2 Å². The SMILES string of the molecule is CC[C@@]1(O)C(=O)OCc2c1cc1n(c2=O)Cc2c-1nc1cc(F)c(C)c3c1c2[C@@H](CN)CC3. The van der Waals surface area contributed by atoms with Crippen molar-refractivity contribution >= 4 is 16.9 Å². The standard InChI is InChI=1S/C25H24FN3O4/c1-3-25(32)16-6-19-22-14(9-29(19)23(30)15(16)10-33-24(25)31)20-12(8-27)4-5-13-11(2)17(26)7-18(28-22)21(13)20/h6-7,12,32H,3-5,8-10,27H2,1-2H3/t12-,25+/m1/s1. The smallest absolute Gasteiger partial charge is 0.343 e. The maximum atomic E-state index is 14.8. The van der Waals surface area contributed by atoms with Crippen molar-refractivity contribution in [2.24, 2.45) is 5.73 Å². The number of aromatic nitrogens is 2. The highest BCUT2D eigenvalue weighted by Crippen LogP contribution is 2.46. The lowest BCUT2D eigenvalue weighted by atomic mass is 9.78. The molecule has 0 unspecified atom stereocenters. The van der Waals surface area contributed by atoms with Gasteiger partial charge in [0.15, 0.2) is 5.60 Å². The van der Waals surface area contributed by atoms with Crippen molar-refractivity contribution < 1.29 is 19.0 Å². The van der Waals surface area contributed by atoms with Crippen molar-refractivity contribution in [1.82, 2.24) is 9.55 Å². The second-order valence-electron chi connectivity index (χ2n) is 9.28. The largest absolute Gasteiger partial charge is 0.458 e. The van der Waals surface area contributed by atoms with E-state index in [0.29, 0.717) is 35.6 Å². The molecule has 0 saturated heterocycles. The third-order valence-corrected chi connectivity index (χ3v) is 7.78. The second kappa shape index (κ2) is 6.71. The summed E-state index contributed by atoms with van der Waals surface area (Å²) in [5.41, 5.74) is 9.72. The average Bonchev–Trinajstić information content (AvgIpc) is 3.18. The number of pyridine rings is 2. The van der Waals surface area contributed by atoms with Gasteiger partial charge in [-0.2, -0.15) is 0 Å². The number of fused-ring (bicyclic) bond motifs is 5. The topological polar surface area (TPSA) is 107 Å². The molecule has 3 aromatic rings. The summed E-state index contributed by atoms with van der Waals surface area (Å²) >= 11 is 0. The Morgan fingerprint density at radius 2 is 2.09 bits per heavy atom. The molecule has 0 fully saturated rings. The molecular weight excluding hydrogens is 425 g/mol. The van der Waals surface area contributed by atoms with Gasteiger partial charge in [-0.05, 0) is 61.4 Å². The van der Waals surface area contributed by atoms with Crippen molar-refractivity contribution in [3.8, 4) is 11.4 Å². The molecule has 3 aliphatic rings. The number of hydrogen-bond acceptors (Lipinski definition) is 6. The molecule has 8 heteroatoms. The minimum atomic E-state index is -1.88. The van der Waals surface area contributed by atoms with E-state index < -0.39 is 11.6 Å². The quantitative estimate of drug-likeness (QED) is 0.456. The van der Waals surface area contributed by atoms with Gasteiger partial charge in [0.25, 0.3) is 5.56 Å². The van der Waals surface area contributed by atoms with Gasteiger partial charge in [0.1, 0.15) is 12.4 Å². The lowest BCUT2D eigenvalue weighted by Gasteiger charge is -2.31. The number of nitrogens with two attached hydrogens (primary N) is 1. The first-order chi connectivity index (χ1) is 15.8. The molecule has 0 spiro atoms. The van der Waals surface area contributed by atoms with E-state index in [1.54, 1.807) is 24.5 Å². The van der Waals surface area contributed by atoms with Crippen LogP contribution in [0, 0.1) is 12.7 Å². The van der Waals surface area contributed by atoms with Crippen molar-refractivity contribution in [3.63, 3.8) is 0 Å². The number of benzene rings is 1. The molecule has 6 rings (SSSR count). The number of hydrogen-bond donors (Lipinski definition) is 2. The van der Waals surface area contributed by atoms with Gasteiger partial charge < -0.3 is 20.1 Å². The van der Waals surface area contributed by atoms with E-state index in [1.165, 1.54) is 6.07 Å². The highest BCUT2D eigenvalue weighted by Gasteiger charge is 2.45. The summed E-state index contributed by atoms with van der Waals surface area (Å²) in [4.78, 5) is 30.7. The van der Waals surface area contributed by atoms with E-state index in [-0.39, 0.29) is 41.4 Å². The number of rotatable bonds is 2. The van der Waals surface area contributed by atoms with E-state index in [0.717, 1.165) is 34.9 Å². The third-order valence-electron chi connectivity index (χ3n) is 7.78. The number of carbonyl (C=O) groups is 1. The minimum Gasteiger partial charge on any atom is -0.458 e. The number of aryl methyl sites for hydroxylation is 1. The lowest BCUT2D eigenvalue weighted by molar-refractivity contribution is -0.172. The molecule has 7 nitrogen and oxygen atoms in total. The van der Waals surface area contributed by atoms with Crippen LogP contribution in [0.3, 0.4) is 0 Å². The molecule has 0 saturated carbocycles. The maximum absolute atomic E-state index is 14.8. The minimum absolute atomic E-state index is 0.0775. The predicted octanol–water partition coefficient (Wildman–Crippen LogP) is 2.52. The summed E-state index contributed by atoms with van der Waals surface area (Å²) in [7, 11) is 0. The Balaban J connectivity index is 1.70. The van der Waals surface area contributed by atoms with E-state index >= 15 is 0 Å². The Labute approximate surface area is 189 Å². The molecule has 0 amide bonds. The predicted molar refractivity (Wildman–Crippen MR) is 119 cm³/mol. The third kappa shape index (κ3) is 2.48. The summed E-state index contributed by atoms with van der Waals surface area (Å²) in [6.07, 6.45) is 1.62. The van der Waals surface area contributed by atoms with Gasteiger partial charge in [-0.15, -0.1) is 0 Å². The zero-order valence-corrected chi connectivity index (χ0v) is 18.5. The molecule has 1 aliphatic carbocycles. The first-order valence-corrected chi connectivity index (χ1v) is 11.3. The molecule has 0 radical (unpaired) electrons. The Hall–Kier alpha value is -3.10. The number of cyclic esters (lactones) is 1. The molecular formula is C25H24FN3O4. The van der Waals surface area contributed by atoms with Crippen LogP contribution < -0.4 is 11.3 Å². The number of carbonyl (C=O) groups excluding carboxylic acids is 1. The fraction of sp³-hybridized carbons (Fsp3) is 0.400. The van der Waals surface area contributed by atoms with Crippen LogP contribution in [0.25, 0.3) is 22.3 Å².